The zero-order chi connectivity index (χ0) is 18.5. The van der Waals surface area contributed by atoms with Gasteiger partial charge in [-0.25, -0.2) is 4.79 Å². The molecule has 2 aromatic carbocycles. The second-order valence-corrected chi connectivity index (χ2v) is 5.98. The van der Waals surface area contributed by atoms with E-state index in [2.05, 4.69) is 4.98 Å². The average Bonchev–Trinajstić information content (AvgIpc) is 2.67. The molecule has 0 spiro atoms. The molecule has 6 nitrogen and oxygen atoms in total. The van der Waals surface area contributed by atoms with E-state index in [9.17, 15) is 9.59 Å². The van der Waals surface area contributed by atoms with Gasteiger partial charge < -0.3 is 19.7 Å². The first-order valence-electron chi connectivity index (χ1n) is 8.35. The molecule has 0 saturated carbocycles. The van der Waals surface area contributed by atoms with Crippen LogP contribution in [0.25, 0.3) is 22.0 Å². The van der Waals surface area contributed by atoms with Crippen LogP contribution in [0, 0.1) is 0 Å². The molecule has 0 atom stereocenters. The lowest BCUT2D eigenvalue weighted by Crippen LogP contribution is -2.26. The molecular formula is C20H20N2O4. The van der Waals surface area contributed by atoms with Crippen molar-refractivity contribution in [1.82, 2.24) is 9.88 Å². The Bertz CT molecular complexity index is 966. The number of aromatic amines is 1. The number of benzene rings is 2. The summed E-state index contributed by atoms with van der Waals surface area (Å²) < 4.78 is 6.00. The van der Waals surface area contributed by atoms with E-state index in [0.717, 1.165) is 10.9 Å². The first kappa shape index (κ1) is 17.5. The smallest absolute Gasteiger partial charge is 0.407 e. The highest BCUT2D eigenvalue weighted by molar-refractivity contribution is 5.92. The Balaban J connectivity index is 1.95. The Morgan fingerprint density at radius 3 is 2.42 bits per heavy atom. The van der Waals surface area contributed by atoms with Crippen LogP contribution in [0.15, 0.2) is 59.4 Å². The third kappa shape index (κ3) is 3.69. The lowest BCUT2D eigenvalue weighted by molar-refractivity contribution is 0.152. The normalized spacial score (nSPS) is 10.7. The van der Waals surface area contributed by atoms with Crippen molar-refractivity contribution in [3.63, 3.8) is 0 Å². The number of nitrogens with zero attached hydrogens (tertiary/aromatic N) is 1. The van der Waals surface area contributed by atoms with Gasteiger partial charge in [0.2, 0.25) is 0 Å². The van der Waals surface area contributed by atoms with E-state index >= 15 is 0 Å². The van der Waals surface area contributed by atoms with Crippen molar-refractivity contribution in [2.45, 2.75) is 6.42 Å². The largest absolute Gasteiger partial charge is 0.491 e. The summed E-state index contributed by atoms with van der Waals surface area (Å²) >= 11 is 0. The highest BCUT2D eigenvalue weighted by Crippen LogP contribution is 2.33. The third-order valence-corrected chi connectivity index (χ3v) is 4.16. The summed E-state index contributed by atoms with van der Waals surface area (Å²) in [5.74, 6) is 0.601. The third-order valence-electron chi connectivity index (χ3n) is 4.16. The molecule has 26 heavy (non-hydrogen) atoms. The minimum Gasteiger partial charge on any atom is -0.491 e. The van der Waals surface area contributed by atoms with Crippen molar-refractivity contribution in [1.29, 1.82) is 0 Å². The molecule has 0 aliphatic rings. The zero-order valence-corrected chi connectivity index (χ0v) is 14.4. The lowest BCUT2D eigenvalue weighted by atomic mass is 10.1. The van der Waals surface area contributed by atoms with Crippen LogP contribution in [-0.2, 0) is 0 Å². The van der Waals surface area contributed by atoms with Crippen LogP contribution in [0.2, 0.25) is 0 Å². The van der Waals surface area contributed by atoms with E-state index in [1.165, 1.54) is 11.9 Å². The molecule has 0 saturated heterocycles. The van der Waals surface area contributed by atoms with Crippen molar-refractivity contribution in [3.05, 3.63) is 65.0 Å². The van der Waals surface area contributed by atoms with Gasteiger partial charge in [0.1, 0.15) is 0 Å². The van der Waals surface area contributed by atoms with E-state index < -0.39 is 6.09 Å². The minimum atomic E-state index is -0.968. The van der Waals surface area contributed by atoms with E-state index in [0.29, 0.717) is 36.4 Å². The highest BCUT2D eigenvalue weighted by atomic mass is 16.5. The van der Waals surface area contributed by atoms with Gasteiger partial charge in [-0.15, -0.1) is 0 Å². The highest BCUT2D eigenvalue weighted by Gasteiger charge is 2.14. The maximum atomic E-state index is 12.4. The van der Waals surface area contributed by atoms with Gasteiger partial charge in [0.05, 0.1) is 17.7 Å². The van der Waals surface area contributed by atoms with Crippen LogP contribution in [0.4, 0.5) is 4.79 Å². The molecule has 1 aromatic heterocycles. The summed E-state index contributed by atoms with van der Waals surface area (Å²) in [6.07, 6.45) is -0.422. The topological polar surface area (TPSA) is 82.6 Å². The Morgan fingerprint density at radius 1 is 1.08 bits per heavy atom. The molecule has 0 aliphatic carbocycles. The van der Waals surface area contributed by atoms with Gasteiger partial charge in [0, 0.05) is 24.5 Å². The number of fused-ring (bicyclic) bond motifs is 1. The summed E-state index contributed by atoms with van der Waals surface area (Å²) in [4.78, 5) is 27.4. The molecule has 0 radical (unpaired) electrons. The van der Waals surface area contributed by atoms with E-state index in [-0.39, 0.29) is 5.56 Å². The van der Waals surface area contributed by atoms with Crippen molar-refractivity contribution in [2.24, 2.45) is 0 Å². The quantitative estimate of drug-likeness (QED) is 0.664. The molecule has 6 heteroatoms. The fraction of sp³-hybridized carbons (Fsp3) is 0.200. The molecule has 1 amide bonds. The maximum absolute atomic E-state index is 12.4. The zero-order valence-electron chi connectivity index (χ0n) is 14.4. The summed E-state index contributed by atoms with van der Waals surface area (Å²) in [7, 11) is 1.52. The number of amides is 1. The molecular weight excluding hydrogens is 332 g/mol. The van der Waals surface area contributed by atoms with Gasteiger partial charge in [0.15, 0.2) is 5.75 Å². The Hall–Kier alpha value is -3.28. The number of carbonyl (C=O) groups is 1. The predicted octanol–water partition coefficient (Wildman–Crippen LogP) is 3.57. The van der Waals surface area contributed by atoms with E-state index in [1.54, 1.807) is 6.07 Å². The molecule has 3 rings (SSSR count). The summed E-state index contributed by atoms with van der Waals surface area (Å²) in [5, 5.41) is 10.2. The SMILES string of the molecule is CN(CCCOc1c(-c2ccccc2)[nH]c(=O)c2ccccc12)C(=O)O. The second kappa shape index (κ2) is 7.74. The number of nitrogens with one attached hydrogen (secondary N) is 1. The lowest BCUT2D eigenvalue weighted by Gasteiger charge is -2.16. The number of carboxylic acid groups (broad SMARTS) is 1. The number of ether oxygens (including phenoxy) is 1. The number of rotatable bonds is 6. The Morgan fingerprint density at radius 2 is 1.73 bits per heavy atom. The van der Waals surface area contributed by atoms with Crippen molar-refractivity contribution >= 4 is 16.9 Å². The number of H-pyrrole nitrogens is 1. The maximum Gasteiger partial charge on any atom is 0.407 e. The number of aromatic nitrogens is 1. The van der Waals surface area contributed by atoms with Gasteiger partial charge >= 0.3 is 6.09 Å². The summed E-state index contributed by atoms with van der Waals surface area (Å²) in [6, 6.07) is 16.8. The second-order valence-electron chi connectivity index (χ2n) is 5.98. The van der Waals surface area contributed by atoms with Crippen LogP contribution in [-0.4, -0.2) is 41.3 Å². The average molecular weight is 352 g/mol. The molecule has 0 aliphatic heterocycles. The molecule has 0 bridgehead atoms. The molecule has 2 N–H and O–H groups in total. The standard InChI is InChI=1S/C20H20N2O4/c1-22(20(24)25)12-7-13-26-18-15-10-5-6-11-16(15)19(23)21-17(18)14-8-3-2-4-9-14/h2-6,8-11H,7,12-13H2,1H3,(H,21,23)(H,24,25). The number of hydrogen-bond acceptors (Lipinski definition) is 3. The predicted molar refractivity (Wildman–Crippen MR) is 101 cm³/mol. The molecule has 3 aromatic rings. The first-order valence-corrected chi connectivity index (χ1v) is 8.35. The fourth-order valence-electron chi connectivity index (χ4n) is 2.78. The van der Waals surface area contributed by atoms with Crippen molar-refractivity contribution in [2.75, 3.05) is 20.2 Å². The van der Waals surface area contributed by atoms with Crippen LogP contribution in [0.5, 0.6) is 5.75 Å². The van der Waals surface area contributed by atoms with Crippen LogP contribution in [0.1, 0.15) is 6.42 Å². The number of pyridine rings is 1. The molecule has 134 valence electrons. The summed E-state index contributed by atoms with van der Waals surface area (Å²) in [5.41, 5.74) is 1.31. The van der Waals surface area contributed by atoms with Crippen LogP contribution in [0.3, 0.4) is 0 Å². The van der Waals surface area contributed by atoms with Gasteiger partial charge in [0.25, 0.3) is 5.56 Å². The van der Waals surface area contributed by atoms with Gasteiger partial charge in [-0.2, -0.15) is 0 Å². The van der Waals surface area contributed by atoms with Gasteiger partial charge in [-0.05, 0) is 12.5 Å². The van der Waals surface area contributed by atoms with Gasteiger partial charge in [-0.1, -0.05) is 48.5 Å². The van der Waals surface area contributed by atoms with Crippen LogP contribution >= 0.6 is 0 Å². The first-order chi connectivity index (χ1) is 12.6. The molecule has 0 unspecified atom stereocenters. The van der Waals surface area contributed by atoms with E-state index in [1.807, 2.05) is 48.5 Å². The van der Waals surface area contributed by atoms with Gasteiger partial charge in [-0.3, -0.25) is 4.79 Å². The Labute approximate surface area is 150 Å². The van der Waals surface area contributed by atoms with E-state index in [4.69, 9.17) is 9.84 Å². The molecule has 0 fully saturated rings. The van der Waals surface area contributed by atoms with Crippen molar-refractivity contribution in [3.8, 4) is 17.0 Å². The van der Waals surface area contributed by atoms with Crippen LogP contribution < -0.4 is 10.3 Å². The van der Waals surface area contributed by atoms with Crippen molar-refractivity contribution < 1.29 is 14.6 Å². The molecule has 1 heterocycles. The fourth-order valence-corrected chi connectivity index (χ4v) is 2.78. The number of hydrogen-bond donors (Lipinski definition) is 2. The summed E-state index contributed by atoms with van der Waals surface area (Å²) in [6.45, 7) is 0.713. The monoisotopic (exact) mass is 352 g/mol. The minimum absolute atomic E-state index is 0.169. The Kier molecular flexibility index (Phi) is 5.22.